The fourth-order valence-electron chi connectivity index (χ4n) is 2.20. The Hall–Kier alpha value is -2.73. The Bertz CT molecular complexity index is 752. The molecule has 26 heavy (non-hydrogen) atoms. The molecule has 0 bridgehead atoms. The van der Waals surface area contributed by atoms with Gasteiger partial charge in [-0.25, -0.2) is 0 Å². The minimum atomic E-state index is -4.36. The molecule has 2 aromatic rings. The van der Waals surface area contributed by atoms with Crippen LogP contribution in [-0.4, -0.2) is 6.61 Å². The van der Waals surface area contributed by atoms with E-state index in [4.69, 9.17) is 9.57 Å². The van der Waals surface area contributed by atoms with Crippen molar-refractivity contribution >= 4 is 5.70 Å². The summed E-state index contributed by atoms with van der Waals surface area (Å²) in [6, 6.07) is 12.3. The fourth-order valence-corrected chi connectivity index (χ4v) is 2.20. The maximum atomic E-state index is 12.7. The molecule has 0 atom stereocenters. The van der Waals surface area contributed by atoms with Crippen molar-refractivity contribution in [3.8, 4) is 5.75 Å². The van der Waals surface area contributed by atoms with E-state index in [-0.39, 0.29) is 6.61 Å². The molecular weight excluding hydrogens is 343 g/mol. The van der Waals surface area contributed by atoms with Gasteiger partial charge in [-0.1, -0.05) is 24.3 Å². The minimum Gasteiger partial charge on any atom is -0.489 e. The van der Waals surface area contributed by atoms with Gasteiger partial charge in [-0.05, 0) is 54.4 Å². The van der Waals surface area contributed by atoms with E-state index in [1.807, 2.05) is 25.1 Å². The third kappa shape index (κ3) is 5.67. The third-order valence-electron chi connectivity index (χ3n) is 3.50. The molecule has 0 spiro atoms. The summed E-state index contributed by atoms with van der Waals surface area (Å²) in [7, 11) is 0. The van der Waals surface area contributed by atoms with E-state index < -0.39 is 11.7 Å². The SMILES string of the molecule is C=CCONC(=CC)c1ccc(OCc2cccc(C(F)(F)F)c2)cc1. The highest BCUT2D eigenvalue weighted by molar-refractivity contribution is 5.63. The summed E-state index contributed by atoms with van der Waals surface area (Å²) in [4.78, 5) is 5.20. The van der Waals surface area contributed by atoms with Crippen LogP contribution in [0, 0.1) is 0 Å². The average molecular weight is 363 g/mol. The van der Waals surface area contributed by atoms with Crippen molar-refractivity contribution < 1.29 is 22.7 Å². The lowest BCUT2D eigenvalue weighted by atomic mass is 10.1. The second-order valence-electron chi connectivity index (χ2n) is 5.42. The van der Waals surface area contributed by atoms with E-state index in [9.17, 15) is 13.2 Å². The molecule has 0 heterocycles. The van der Waals surface area contributed by atoms with E-state index >= 15 is 0 Å². The van der Waals surface area contributed by atoms with E-state index in [1.54, 1.807) is 24.3 Å². The highest BCUT2D eigenvalue weighted by atomic mass is 19.4. The van der Waals surface area contributed by atoms with E-state index in [1.165, 1.54) is 6.07 Å². The molecular formula is C20H20F3NO2. The molecule has 3 nitrogen and oxygen atoms in total. The number of hydrogen-bond acceptors (Lipinski definition) is 3. The number of allylic oxidation sites excluding steroid dienone is 1. The lowest BCUT2D eigenvalue weighted by molar-refractivity contribution is -0.137. The molecule has 6 heteroatoms. The Morgan fingerprint density at radius 1 is 1.15 bits per heavy atom. The van der Waals surface area contributed by atoms with Gasteiger partial charge in [0.2, 0.25) is 0 Å². The van der Waals surface area contributed by atoms with Crippen molar-refractivity contribution in [3.63, 3.8) is 0 Å². The first-order valence-corrected chi connectivity index (χ1v) is 7.98. The summed E-state index contributed by atoms with van der Waals surface area (Å²) in [5.41, 5.74) is 4.28. The number of nitrogens with one attached hydrogen (secondary N) is 1. The lowest BCUT2D eigenvalue weighted by Crippen LogP contribution is -2.12. The molecule has 0 fully saturated rings. The molecule has 2 aromatic carbocycles. The summed E-state index contributed by atoms with van der Waals surface area (Å²) >= 11 is 0. The Labute approximate surface area is 150 Å². The number of rotatable bonds is 8. The zero-order valence-electron chi connectivity index (χ0n) is 14.3. The van der Waals surface area contributed by atoms with Gasteiger partial charge in [-0.3, -0.25) is 10.3 Å². The topological polar surface area (TPSA) is 30.5 Å². The Balaban J connectivity index is 1.98. The summed E-state index contributed by atoms with van der Waals surface area (Å²) in [5, 5.41) is 0. The molecule has 0 aliphatic carbocycles. The van der Waals surface area contributed by atoms with Crippen molar-refractivity contribution in [3.05, 3.63) is 84.0 Å². The predicted octanol–water partition coefficient (Wildman–Crippen LogP) is 5.35. The first-order valence-electron chi connectivity index (χ1n) is 7.98. The van der Waals surface area contributed by atoms with Crippen LogP contribution in [0.5, 0.6) is 5.75 Å². The summed E-state index contributed by atoms with van der Waals surface area (Å²) in [6.07, 6.45) is -0.867. The van der Waals surface area contributed by atoms with E-state index in [0.717, 1.165) is 23.4 Å². The standard InChI is InChI=1S/C20H20F3NO2/c1-3-12-26-24-19(4-2)16-8-10-18(11-9-16)25-14-15-6-5-7-17(13-15)20(21,22)23/h3-11,13,24H,1,12,14H2,2H3. The summed E-state index contributed by atoms with van der Waals surface area (Å²) < 4.78 is 43.8. The van der Waals surface area contributed by atoms with Gasteiger partial charge in [0.15, 0.2) is 0 Å². The maximum absolute atomic E-state index is 12.7. The van der Waals surface area contributed by atoms with Gasteiger partial charge in [0.25, 0.3) is 0 Å². The molecule has 0 saturated carbocycles. The van der Waals surface area contributed by atoms with Crippen molar-refractivity contribution in [2.24, 2.45) is 0 Å². The largest absolute Gasteiger partial charge is 0.489 e. The van der Waals surface area contributed by atoms with E-state index in [2.05, 4.69) is 12.1 Å². The predicted molar refractivity (Wildman–Crippen MR) is 95.2 cm³/mol. The van der Waals surface area contributed by atoms with Crippen LogP contribution < -0.4 is 10.2 Å². The monoisotopic (exact) mass is 363 g/mol. The molecule has 0 radical (unpaired) electrons. The zero-order valence-corrected chi connectivity index (χ0v) is 14.3. The van der Waals surface area contributed by atoms with Gasteiger partial charge in [-0.15, -0.1) is 6.58 Å². The fraction of sp³-hybridized carbons (Fsp3) is 0.200. The third-order valence-corrected chi connectivity index (χ3v) is 3.50. The van der Waals surface area contributed by atoms with Crippen molar-refractivity contribution in [1.82, 2.24) is 5.48 Å². The summed E-state index contributed by atoms with van der Waals surface area (Å²) in [6.45, 7) is 5.87. The molecule has 0 amide bonds. The van der Waals surface area contributed by atoms with Crippen molar-refractivity contribution in [2.45, 2.75) is 19.7 Å². The van der Waals surface area contributed by atoms with E-state index in [0.29, 0.717) is 17.9 Å². The van der Waals surface area contributed by atoms with Gasteiger partial charge in [0.1, 0.15) is 12.4 Å². The highest BCUT2D eigenvalue weighted by Gasteiger charge is 2.30. The van der Waals surface area contributed by atoms with Gasteiger partial charge >= 0.3 is 6.18 Å². The maximum Gasteiger partial charge on any atom is 0.416 e. The molecule has 0 aliphatic rings. The van der Waals surface area contributed by atoms with Crippen LogP contribution in [0.2, 0.25) is 0 Å². The Morgan fingerprint density at radius 3 is 2.50 bits per heavy atom. The smallest absolute Gasteiger partial charge is 0.416 e. The number of hydroxylamine groups is 1. The molecule has 0 unspecified atom stereocenters. The number of alkyl halides is 3. The number of ether oxygens (including phenoxy) is 1. The normalized spacial score (nSPS) is 11.9. The molecule has 138 valence electrons. The Morgan fingerprint density at radius 2 is 1.88 bits per heavy atom. The molecule has 1 N–H and O–H groups in total. The van der Waals surface area contributed by atoms with Crippen LogP contribution in [-0.2, 0) is 17.6 Å². The van der Waals surface area contributed by atoms with Gasteiger partial charge < -0.3 is 4.74 Å². The molecule has 0 saturated heterocycles. The number of benzene rings is 2. The second kappa shape index (κ2) is 9.10. The van der Waals surface area contributed by atoms with Crippen LogP contribution in [0.1, 0.15) is 23.6 Å². The average Bonchev–Trinajstić information content (AvgIpc) is 2.64. The van der Waals surface area contributed by atoms with Gasteiger partial charge in [-0.2, -0.15) is 13.2 Å². The first-order chi connectivity index (χ1) is 12.4. The van der Waals surface area contributed by atoms with Crippen LogP contribution in [0.3, 0.4) is 0 Å². The number of halogens is 3. The minimum absolute atomic E-state index is 0.0560. The second-order valence-corrected chi connectivity index (χ2v) is 5.42. The quantitative estimate of drug-likeness (QED) is 0.389. The van der Waals surface area contributed by atoms with Crippen LogP contribution in [0.4, 0.5) is 13.2 Å². The summed E-state index contributed by atoms with van der Waals surface area (Å²) in [5.74, 6) is 0.564. The molecule has 2 rings (SSSR count). The molecule has 0 aromatic heterocycles. The van der Waals surface area contributed by atoms with Crippen LogP contribution in [0.15, 0.2) is 67.3 Å². The zero-order chi connectivity index (χ0) is 19.0. The highest BCUT2D eigenvalue weighted by Crippen LogP contribution is 2.29. The van der Waals surface area contributed by atoms with Crippen molar-refractivity contribution in [1.29, 1.82) is 0 Å². The van der Waals surface area contributed by atoms with Crippen LogP contribution in [0.25, 0.3) is 5.70 Å². The first kappa shape index (κ1) is 19.6. The van der Waals surface area contributed by atoms with Crippen molar-refractivity contribution in [2.75, 3.05) is 6.61 Å². The van der Waals surface area contributed by atoms with Gasteiger partial charge in [0.05, 0.1) is 17.9 Å². The number of hydrogen-bond donors (Lipinski definition) is 1. The van der Waals surface area contributed by atoms with Crippen LogP contribution >= 0.6 is 0 Å². The van der Waals surface area contributed by atoms with Gasteiger partial charge in [0, 0.05) is 0 Å². The Kier molecular flexibility index (Phi) is 6.86. The molecule has 0 aliphatic heterocycles. The lowest BCUT2D eigenvalue weighted by Gasteiger charge is -2.12.